The number of nitrogens with zero attached hydrogens (tertiary/aromatic N) is 3. The van der Waals surface area contributed by atoms with Gasteiger partial charge in [-0.3, -0.25) is 14.2 Å². The SMILES string of the molecule is CCOC(=O)CN(Cc1nc2ccccc2c(=O)n1C)c1ccccc1. The van der Waals surface area contributed by atoms with Crippen molar-refractivity contribution in [1.29, 1.82) is 0 Å². The second kappa shape index (κ2) is 7.82. The third kappa shape index (κ3) is 3.74. The molecule has 26 heavy (non-hydrogen) atoms. The summed E-state index contributed by atoms with van der Waals surface area (Å²) >= 11 is 0. The van der Waals surface area contributed by atoms with Crippen molar-refractivity contribution in [3.63, 3.8) is 0 Å². The molecule has 3 aromatic rings. The highest BCUT2D eigenvalue weighted by atomic mass is 16.5. The monoisotopic (exact) mass is 351 g/mol. The Kier molecular flexibility index (Phi) is 5.31. The van der Waals surface area contributed by atoms with E-state index < -0.39 is 0 Å². The molecule has 6 heteroatoms. The van der Waals surface area contributed by atoms with Gasteiger partial charge in [0.1, 0.15) is 12.4 Å². The second-order valence-electron chi connectivity index (χ2n) is 5.91. The predicted molar refractivity (Wildman–Crippen MR) is 101 cm³/mol. The molecule has 0 aliphatic carbocycles. The molecule has 2 aromatic carbocycles. The Morgan fingerprint density at radius 1 is 1.12 bits per heavy atom. The van der Waals surface area contributed by atoms with Crippen LogP contribution in [0.5, 0.6) is 0 Å². The van der Waals surface area contributed by atoms with Gasteiger partial charge in [0.15, 0.2) is 0 Å². The molecule has 0 N–H and O–H groups in total. The minimum absolute atomic E-state index is 0.0839. The molecule has 0 fully saturated rings. The summed E-state index contributed by atoms with van der Waals surface area (Å²) in [5.74, 6) is 0.268. The Balaban J connectivity index is 1.98. The van der Waals surface area contributed by atoms with Crippen molar-refractivity contribution in [3.8, 4) is 0 Å². The minimum atomic E-state index is -0.317. The van der Waals surface area contributed by atoms with E-state index in [1.54, 1.807) is 20.0 Å². The van der Waals surface area contributed by atoms with Crippen LogP contribution in [-0.4, -0.2) is 28.7 Å². The molecule has 1 aromatic heterocycles. The average Bonchev–Trinajstić information content (AvgIpc) is 2.66. The number of carbonyl (C=O) groups excluding carboxylic acids is 1. The summed E-state index contributed by atoms with van der Waals surface area (Å²) in [7, 11) is 1.70. The zero-order valence-electron chi connectivity index (χ0n) is 14.9. The second-order valence-corrected chi connectivity index (χ2v) is 5.91. The van der Waals surface area contributed by atoms with Crippen LogP contribution in [0.15, 0.2) is 59.4 Å². The van der Waals surface area contributed by atoms with E-state index in [0.717, 1.165) is 5.69 Å². The first kappa shape index (κ1) is 17.7. The van der Waals surface area contributed by atoms with Crippen molar-refractivity contribution < 1.29 is 9.53 Å². The molecule has 1 heterocycles. The Morgan fingerprint density at radius 3 is 2.54 bits per heavy atom. The van der Waals surface area contributed by atoms with Crippen LogP contribution in [0.1, 0.15) is 12.7 Å². The van der Waals surface area contributed by atoms with Crippen molar-refractivity contribution in [2.24, 2.45) is 7.05 Å². The molecule has 0 spiro atoms. The first-order chi connectivity index (χ1) is 12.6. The summed E-state index contributed by atoms with van der Waals surface area (Å²) in [5, 5.41) is 0.579. The molecule has 6 nitrogen and oxygen atoms in total. The van der Waals surface area contributed by atoms with Crippen LogP contribution in [0.4, 0.5) is 5.69 Å². The van der Waals surface area contributed by atoms with Crippen molar-refractivity contribution in [1.82, 2.24) is 9.55 Å². The van der Waals surface area contributed by atoms with Crippen LogP contribution < -0.4 is 10.5 Å². The van der Waals surface area contributed by atoms with Crippen LogP contribution in [0.2, 0.25) is 0 Å². The molecule has 0 radical (unpaired) electrons. The summed E-state index contributed by atoms with van der Waals surface area (Å²) in [6.07, 6.45) is 0. The lowest BCUT2D eigenvalue weighted by molar-refractivity contribution is -0.141. The number of carbonyl (C=O) groups is 1. The third-order valence-corrected chi connectivity index (χ3v) is 4.15. The maximum atomic E-state index is 12.6. The molecule has 3 rings (SSSR count). The summed E-state index contributed by atoms with van der Waals surface area (Å²) in [6.45, 7) is 2.51. The van der Waals surface area contributed by atoms with Gasteiger partial charge in [-0.25, -0.2) is 4.98 Å². The van der Waals surface area contributed by atoms with Gasteiger partial charge >= 0.3 is 5.97 Å². The number of rotatable bonds is 6. The lowest BCUT2D eigenvalue weighted by atomic mass is 10.2. The molecule has 0 aliphatic rings. The zero-order chi connectivity index (χ0) is 18.5. The molecule has 0 saturated heterocycles. The number of hydrogen-bond donors (Lipinski definition) is 0. The molecular formula is C20H21N3O3. The summed E-state index contributed by atoms with van der Waals surface area (Å²) in [5.41, 5.74) is 1.41. The van der Waals surface area contributed by atoms with Crippen LogP contribution in [-0.2, 0) is 23.1 Å². The number of esters is 1. The highest BCUT2D eigenvalue weighted by Crippen LogP contribution is 2.17. The van der Waals surface area contributed by atoms with E-state index in [9.17, 15) is 9.59 Å². The summed E-state index contributed by atoms with van der Waals surface area (Å²) in [6, 6.07) is 16.8. The topological polar surface area (TPSA) is 64.4 Å². The molecule has 0 atom stereocenters. The van der Waals surface area contributed by atoms with Crippen molar-refractivity contribution in [2.75, 3.05) is 18.1 Å². The molecule has 0 saturated carbocycles. The minimum Gasteiger partial charge on any atom is -0.465 e. The van der Waals surface area contributed by atoms with Gasteiger partial charge in [-0.15, -0.1) is 0 Å². The van der Waals surface area contributed by atoms with Crippen LogP contribution in [0.25, 0.3) is 10.9 Å². The normalized spacial score (nSPS) is 10.7. The van der Waals surface area contributed by atoms with Crippen molar-refractivity contribution >= 4 is 22.6 Å². The molecular weight excluding hydrogens is 330 g/mol. The molecule has 0 aliphatic heterocycles. The fraction of sp³-hybridized carbons (Fsp3) is 0.250. The van der Waals surface area contributed by atoms with E-state index in [1.165, 1.54) is 4.57 Å². The number of fused-ring (bicyclic) bond motifs is 1. The van der Waals surface area contributed by atoms with Gasteiger partial charge in [0.25, 0.3) is 5.56 Å². The fourth-order valence-corrected chi connectivity index (χ4v) is 2.82. The number of aromatic nitrogens is 2. The smallest absolute Gasteiger partial charge is 0.325 e. The quantitative estimate of drug-likeness (QED) is 0.639. The van der Waals surface area contributed by atoms with Crippen LogP contribution >= 0.6 is 0 Å². The van der Waals surface area contributed by atoms with E-state index in [4.69, 9.17) is 4.74 Å². The van der Waals surface area contributed by atoms with E-state index in [1.807, 2.05) is 53.4 Å². The first-order valence-corrected chi connectivity index (χ1v) is 8.50. The lowest BCUT2D eigenvalue weighted by Gasteiger charge is -2.24. The fourth-order valence-electron chi connectivity index (χ4n) is 2.82. The van der Waals surface area contributed by atoms with Crippen LogP contribution in [0, 0.1) is 0 Å². The van der Waals surface area contributed by atoms with E-state index >= 15 is 0 Å². The predicted octanol–water partition coefficient (Wildman–Crippen LogP) is 2.50. The van der Waals surface area contributed by atoms with Gasteiger partial charge in [-0.05, 0) is 31.2 Å². The van der Waals surface area contributed by atoms with Gasteiger partial charge in [0.2, 0.25) is 0 Å². The van der Waals surface area contributed by atoms with E-state index in [-0.39, 0.29) is 18.1 Å². The Hall–Kier alpha value is -3.15. The van der Waals surface area contributed by atoms with Gasteiger partial charge in [-0.2, -0.15) is 0 Å². The Labute approximate surface area is 151 Å². The maximum Gasteiger partial charge on any atom is 0.325 e. The highest BCUT2D eigenvalue weighted by Gasteiger charge is 2.16. The van der Waals surface area contributed by atoms with Gasteiger partial charge in [-0.1, -0.05) is 30.3 Å². The standard InChI is InChI=1S/C20H21N3O3/c1-3-26-19(24)14-23(15-9-5-4-6-10-15)13-18-21-17-12-8-7-11-16(17)20(25)22(18)2/h4-12H,3,13-14H2,1-2H3. The summed E-state index contributed by atoms with van der Waals surface area (Å²) < 4.78 is 6.62. The molecule has 134 valence electrons. The highest BCUT2D eigenvalue weighted by molar-refractivity contribution is 5.78. The molecule has 0 amide bonds. The van der Waals surface area contributed by atoms with E-state index in [0.29, 0.717) is 29.9 Å². The van der Waals surface area contributed by atoms with Gasteiger partial charge in [0, 0.05) is 12.7 Å². The Morgan fingerprint density at radius 2 is 1.81 bits per heavy atom. The largest absolute Gasteiger partial charge is 0.465 e. The third-order valence-electron chi connectivity index (χ3n) is 4.15. The number of hydrogen-bond acceptors (Lipinski definition) is 5. The van der Waals surface area contributed by atoms with Crippen LogP contribution in [0.3, 0.4) is 0 Å². The molecule has 0 unspecified atom stereocenters. The number of anilines is 1. The lowest BCUT2D eigenvalue weighted by Crippen LogP contribution is -2.34. The molecule has 0 bridgehead atoms. The number of benzene rings is 2. The van der Waals surface area contributed by atoms with Crippen molar-refractivity contribution in [3.05, 3.63) is 70.8 Å². The number of para-hydroxylation sites is 2. The van der Waals surface area contributed by atoms with E-state index in [2.05, 4.69) is 4.98 Å². The Bertz CT molecular complexity index is 967. The van der Waals surface area contributed by atoms with Gasteiger partial charge < -0.3 is 9.64 Å². The van der Waals surface area contributed by atoms with Crippen molar-refractivity contribution in [2.45, 2.75) is 13.5 Å². The first-order valence-electron chi connectivity index (χ1n) is 8.50. The average molecular weight is 351 g/mol. The summed E-state index contributed by atoms with van der Waals surface area (Å²) in [4.78, 5) is 31.1. The van der Waals surface area contributed by atoms with Gasteiger partial charge in [0.05, 0.1) is 24.1 Å². The number of ether oxygens (including phenoxy) is 1. The zero-order valence-corrected chi connectivity index (χ0v) is 14.9. The maximum absolute atomic E-state index is 12.6.